The molecule has 0 saturated heterocycles. The van der Waals surface area contributed by atoms with E-state index in [0.29, 0.717) is 0 Å². The molecule has 1 heterocycles. The van der Waals surface area contributed by atoms with Crippen molar-refractivity contribution in [1.82, 2.24) is 9.97 Å². The number of carbonyl (C=O) groups is 1. The molecule has 8 heteroatoms. The third-order valence-electron chi connectivity index (χ3n) is 2.30. The van der Waals surface area contributed by atoms with Crippen molar-refractivity contribution in [1.29, 1.82) is 0 Å². The third kappa shape index (κ3) is 3.22. The van der Waals surface area contributed by atoms with Gasteiger partial charge in [0.25, 0.3) is 5.91 Å². The fourth-order valence-corrected chi connectivity index (χ4v) is 1.31. The summed E-state index contributed by atoms with van der Waals surface area (Å²) in [5.74, 6) is -0.545. The van der Waals surface area contributed by atoms with Gasteiger partial charge in [0.1, 0.15) is 5.75 Å². The Morgan fingerprint density at radius 1 is 1.10 bits per heavy atom. The fourth-order valence-electron chi connectivity index (χ4n) is 1.31. The average molecular weight is 283 g/mol. The largest absolute Gasteiger partial charge is 0.424 e. The van der Waals surface area contributed by atoms with Crippen molar-refractivity contribution in [2.75, 3.05) is 0 Å². The summed E-state index contributed by atoms with van der Waals surface area (Å²) >= 11 is 0. The summed E-state index contributed by atoms with van der Waals surface area (Å²) in [6, 6.07) is 3.96. The number of nitrogens with zero attached hydrogens (tertiary/aromatic N) is 2. The summed E-state index contributed by atoms with van der Waals surface area (Å²) in [6.07, 6.45) is -2.08. The molecule has 0 unspecified atom stereocenters. The molecule has 0 aliphatic heterocycles. The smallest absolute Gasteiger partial charge is 0.416 e. The van der Waals surface area contributed by atoms with Gasteiger partial charge in [-0.25, -0.2) is 9.97 Å². The van der Waals surface area contributed by atoms with Gasteiger partial charge in [-0.2, -0.15) is 13.2 Å². The van der Waals surface area contributed by atoms with E-state index in [1.807, 2.05) is 0 Å². The SMILES string of the molecule is NC(=O)c1cnc(Oc2ccc(C(F)(F)F)cc2)nc1. The lowest BCUT2D eigenvalue weighted by Gasteiger charge is -2.07. The highest BCUT2D eigenvalue weighted by Crippen LogP contribution is 2.30. The highest BCUT2D eigenvalue weighted by molar-refractivity contribution is 5.92. The summed E-state index contributed by atoms with van der Waals surface area (Å²) in [7, 11) is 0. The maximum Gasteiger partial charge on any atom is 0.416 e. The number of halogens is 3. The minimum absolute atomic E-state index is 0.102. The number of nitrogens with two attached hydrogens (primary N) is 1. The highest BCUT2D eigenvalue weighted by atomic mass is 19.4. The number of primary amides is 1. The zero-order valence-electron chi connectivity index (χ0n) is 9.89. The lowest BCUT2D eigenvalue weighted by atomic mass is 10.2. The fraction of sp³-hybridized carbons (Fsp3) is 0.0833. The van der Waals surface area contributed by atoms with Crippen molar-refractivity contribution >= 4 is 5.91 Å². The first-order chi connectivity index (χ1) is 9.36. The molecule has 0 aliphatic rings. The van der Waals surface area contributed by atoms with Crippen molar-refractivity contribution in [3.8, 4) is 11.8 Å². The number of hydrogen-bond donors (Lipinski definition) is 1. The Hall–Kier alpha value is -2.64. The number of aromatic nitrogens is 2. The van der Waals surface area contributed by atoms with Gasteiger partial charge in [0.05, 0.1) is 11.1 Å². The predicted molar refractivity (Wildman–Crippen MR) is 62.1 cm³/mol. The van der Waals surface area contributed by atoms with E-state index in [1.165, 1.54) is 0 Å². The number of amides is 1. The van der Waals surface area contributed by atoms with Gasteiger partial charge in [0.15, 0.2) is 0 Å². The molecule has 1 aromatic carbocycles. The average Bonchev–Trinajstić information content (AvgIpc) is 2.39. The number of carbonyl (C=O) groups excluding carboxylic acids is 1. The van der Waals surface area contributed by atoms with E-state index in [0.717, 1.165) is 36.7 Å². The van der Waals surface area contributed by atoms with Gasteiger partial charge in [-0.15, -0.1) is 0 Å². The first kappa shape index (κ1) is 13.8. The van der Waals surface area contributed by atoms with Gasteiger partial charge in [0, 0.05) is 12.4 Å². The third-order valence-corrected chi connectivity index (χ3v) is 2.30. The molecule has 0 spiro atoms. The molecule has 1 amide bonds. The molecule has 2 N–H and O–H groups in total. The normalized spacial score (nSPS) is 11.2. The van der Waals surface area contributed by atoms with Crippen LogP contribution < -0.4 is 10.5 Å². The Bertz CT molecular complexity index is 609. The van der Waals surface area contributed by atoms with Crippen LogP contribution in [0.15, 0.2) is 36.7 Å². The van der Waals surface area contributed by atoms with E-state index in [-0.39, 0.29) is 17.3 Å². The molecule has 5 nitrogen and oxygen atoms in total. The second-order valence-electron chi connectivity index (χ2n) is 3.74. The molecular formula is C12H8F3N3O2. The summed E-state index contributed by atoms with van der Waals surface area (Å²) in [4.78, 5) is 18.2. The molecule has 0 fully saturated rings. The van der Waals surface area contributed by atoms with Crippen LogP contribution in [0.5, 0.6) is 11.8 Å². The molecule has 2 rings (SSSR count). The van der Waals surface area contributed by atoms with Crippen LogP contribution in [0.1, 0.15) is 15.9 Å². The van der Waals surface area contributed by atoms with Crippen molar-refractivity contribution in [2.45, 2.75) is 6.18 Å². The van der Waals surface area contributed by atoms with Crippen molar-refractivity contribution in [3.63, 3.8) is 0 Å². The van der Waals surface area contributed by atoms with E-state index in [4.69, 9.17) is 10.5 Å². The summed E-state index contributed by atoms with van der Waals surface area (Å²) < 4.78 is 42.2. The number of hydrogen-bond acceptors (Lipinski definition) is 4. The minimum Gasteiger partial charge on any atom is -0.424 e. The Morgan fingerprint density at radius 3 is 2.10 bits per heavy atom. The second kappa shape index (κ2) is 5.16. The lowest BCUT2D eigenvalue weighted by molar-refractivity contribution is -0.137. The van der Waals surface area contributed by atoms with Crippen LogP contribution in [0.4, 0.5) is 13.2 Å². The van der Waals surface area contributed by atoms with Crippen molar-refractivity contribution < 1.29 is 22.7 Å². The van der Waals surface area contributed by atoms with Gasteiger partial charge in [0.2, 0.25) is 0 Å². The zero-order valence-corrected chi connectivity index (χ0v) is 9.89. The van der Waals surface area contributed by atoms with Crippen LogP contribution in [0, 0.1) is 0 Å². The quantitative estimate of drug-likeness (QED) is 0.938. The van der Waals surface area contributed by atoms with E-state index in [2.05, 4.69) is 9.97 Å². The van der Waals surface area contributed by atoms with Gasteiger partial charge in [-0.05, 0) is 24.3 Å². The lowest BCUT2D eigenvalue weighted by Crippen LogP contribution is -2.11. The molecular weight excluding hydrogens is 275 g/mol. The molecule has 0 atom stereocenters. The second-order valence-corrected chi connectivity index (χ2v) is 3.74. The molecule has 0 aliphatic carbocycles. The first-order valence-electron chi connectivity index (χ1n) is 5.33. The van der Waals surface area contributed by atoms with E-state index in [1.54, 1.807) is 0 Å². The molecule has 2 aromatic rings. The Balaban J connectivity index is 2.12. The molecule has 104 valence electrons. The monoisotopic (exact) mass is 283 g/mol. The van der Waals surface area contributed by atoms with E-state index < -0.39 is 17.6 Å². The maximum absolute atomic E-state index is 12.4. The van der Waals surface area contributed by atoms with Gasteiger partial charge >= 0.3 is 12.2 Å². The van der Waals surface area contributed by atoms with Gasteiger partial charge in [-0.3, -0.25) is 4.79 Å². The van der Waals surface area contributed by atoms with Crippen LogP contribution in [0.2, 0.25) is 0 Å². The maximum atomic E-state index is 12.4. The zero-order chi connectivity index (χ0) is 14.8. The molecule has 1 aromatic heterocycles. The molecule has 0 bridgehead atoms. The van der Waals surface area contributed by atoms with E-state index >= 15 is 0 Å². The van der Waals surface area contributed by atoms with E-state index in [9.17, 15) is 18.0 Å². The number of benzene rings is 1. The molecule has 0 saturated carbocycles. The number of rotatable bonds is 3. The summed E-state index contributed by atoms with van der Waals surface area (Å²) in [6.45, 7) is 0. The first-order valence-corrected chi connectivity index (χ1v) is 5.33. The summed E-state index contributed by atoms with van der Waals surface area (Å²) in [5.41, 5.74) is 4.33. The minimum atomic E-state index is -4.40. The van der Waals surface area contributed by atoms with Crippen LogP contribution in [-0.4, -0.2) is 15.9 Å². The van der Waals surface area contributed by atoms with Crippen LogP contribution in [0.25, 0.3) is 0 Å². The van der Waals surface area contributed by atoms with Crippen LogP contribution in [0.3, 0.4) is 0 Å². The van der Waals surface area contributed by atoms with Gasteiger partial charge < -0.3 is 10.5 Å². The van der Waals surface area contributed by atoms with Crippen molar-refractivity contribution in [2.24, 2.45) is 5.73 Å². The van der Waals surface area contributed by atoms with Crippen molar-refractivity contribution in [3.05, 3.63) is 47.8 Å². The highest BCUT2D eigenvalue weighted by Gasteiger charge is 2.30. The Morgan fingerprint density at radius 2 is 1.65 bits per heavy atom. The standard InChI is InChI=1S/C12H8F3N3O2/c13-12(14,15)8-1-3-9(4-2-8)20-11-17-5-7(6-18-11)10(16)19/h1-6H,(H2,16,19). The topological polar surface area (TPSA) is 78.1 Å². The van der Waals surface area contributed by atoms with Gasteiger partial charge in [-0.1, -0.05) is 0 Å². The number of ether oxygens (including phenoxy) is 1. The Kier molecular flexibility index (Phi) is 3.55. The Labute approximate surface area is 111 Å². The van der Waals surface area contributed by atoms with Crippen LogP contribution >= 0.6 is 0 Å². The molecule has 20 heavy (non-hydrogen) atoms. The summed E-state index contributed by atoms with van der Waals surface area (Å²) in [5, 5.41) is 0. The van der Waals surface area contributed by atoms with Crippen LogP contribution in [-0.2, 0) is 6.18 Å². The molecule has 0 radical (unpaired) electrons. The number of alkyl halides is 3. The predicted octanol–water partition coefficient (Wildman–Crippen LogP) is 2.39.